The maximum absolute atomic E-state index is 12.1. The molecular formula is C21H18N2O5. The lowest BCUT2D eigenvalue weighted by Gasteiger charge is -2.11. The molecule has 0 aliphatic heterocycles. The number of carbonyl (C=O) groups excluding carboxylic acids is 3. The van der Waals surface area contributed by atoms with Crippen molar-refractivity contribution in [3.63, 3.8) is 0 Å². The Balaban J connectivity index is 1.55. The molecule has 0 saturated heterocycles. The Kier molecular flexibility index (Phi) is 5.86. The number of hydrogen-bond acceptors (Lipinski definition) is 5. The van der Waals surface area contributed by atoms with Crippen molar-refractivity contribution in [1.82, 2.24) is 10.9 Å². The molecule has 0 heterocycles. The highest BCUT2D eigenvalue weighted by atomic mass is 16.5. The zero-order valence-corrected chi connectivity index (χ0v) is 15.1. The van der Waals surface area contributed by atoms with E-state index < -0.39 is 17.8 Å². The van der Waals surface area contributed by atoms with Gasteiger partial charge in [0.2, 0.25) is 0 Å². The van der Waals surface area contributed by atoms with E-state index in [1.807, 2.05) is 36.4 Å². The maximum Gasteiger partial charge on any atom is 0.337 e. The van der Waals surface area contributed by atoms with Gasteiger partial charge in [-0.2, -0.15) is 0 Å². The topological polar surface area (TPSA) is 93.7 Å². The molecule has 2 amide bonds. The minimum Gasteiger partial charge on any atom is -0.483 e. The number of hydrogen-bond donors (Lipinski definition) is 2. The second-order valence-electron chi connectivity index (χ2n) is 5.84. The Morgan fingerprint density at radius 1 is 0.857 bits per heavy atom. The van der Waals surface area contributed by atoms with Crippen molar-refractivity contribution in [3.05, 3.63) is 77.9 Å². The van der Waals surface area contributed by atoms with Gasteiger partial charge in [-0.1, -0.05) is 42.5 Å². The summed E-state index contributed by atoms with van der Waals surface area (Å²) < 4.78 is 10.2. The van der Waals surface area contributed by atoms with Crippen LogP contribution in [-0.4, -0.2) is 31.5 Å². The molecule has 3 aromatic rings. The van der Waals surface area contributed by atoms with Crippen molar-refractivity contribution in [2.45, 2.75) is 0 Å². The SMILES string of the molecule is COC(=O)c1cccc(C(=O)NNC(=O)COc2cccc3ccccc23)c1. The lowest BCUT2D eigenvalue weighted by molar-refractivity contribution is -0.123. The fourth-order valence-electron chi connectivity index (χ4n) is 2.60. The largest absolute Gasteiger partial charge is 0.483 e. The molecule has 3 rings (SSSR count). The van der Waals surface area contributed by atoms with Gasteiger partial charge < -0.3 is 9.47 Å². The van der Waals surface area contributed by atoms with Crippen LogP contribution < -0.4 is 15.6 Å². The Hall–Kier alpha value is -3.87. The quantitative estimate of drug-likeness (QED) is 0.525. The van der Waals surface area contributed by atoms with Crippen LogP contribution in [0, 0.1) is 0 Å². The van der Waals surface area contributed by atoms with E-state index in [-0.39, 0.29) is 17.7 Å². The van der Waals surface area contributed by atoms with E-state index in [9.17, 15) is 14.4 Å². The molecule has 0 spiro atoms. The molecule has 0 fully saturated rings. The van der Waals surface area contributed by atoms with E-state index in [0.717, 1.165) is 10.8 Å². The molecule has 0 aromatic heterocycles. The standard InChI is InChI=1S/C21H18N2O5/c1-27-21(26)16-9-4-8-15(12-16)20(25)23-22-19(24)13-28-18-11-5-7-14-6-2-3-10-17(14)18/h2-12H,13H2,1H3,(H,22,24)(H,23,25). The summed E-state index contributed by atoms with van der Waals surface area (Å²) in [7, 11) is 1.26. The number of amides is 2. The van der Waals surface area contributed by atoms with Gasteiger partial charge in [0.15, 0.2) is 6.61 Å². The highest BCUT2D eigenvalue weighted by Crippen LogP contribution is 2.24. The number of esters is 1. The first-order chi connectivity index (χ1) is 13.6. The monoisotopic (exact) mass is 378 g/mol. The zero-order valence-electron chi connectivity index (χ0n) is 15.1. The molecule has 0 unspecified atom stereocenters. The maximum atomic E-state index is 12.1. The average Bonchev–Trinajstić information content (AvgIpc) is 2.75. The molecule has 7 heteroatoms. The number of methoxy groups -OCH3 is 1. The van der Waals surface area contributed by atoms with Crippen LogP contribution in [0.4, 0.5) is 0 Å². The number of benzene rings is 3. The van der Waals surface area contributed by atoms with Crippen LogP contribution in [0.25, 0.3) is 10.8 Å². The van der Waals surface area contributed by atoms with E-state index in [1.54, 1.807) is 12.1 Å². The van der Waals surface area contributed by atoms with Gasteiger partial charge in [0.05, 0.1) is 12.7 Å². The summed E-state index contributed by atoms with van der Waals surface area (Å²) in [4.78, 5) is 35.7. The zero-order chi connectivity index (χ0) is 19.9. The van der Waals surface area contributed by atoms with E-state index in [4.69, 9.17) is 4.74 Å². The summed E-state index contributed by atoms with van der Waals surface area (Å²) in [5.74, 6) is -1.07. The van der Waals surface area contributed by atoms with Gasteiger partial charge in [0.1, 0.15) is 5.75 Å². The molecule has 28 heavy (non-hydrogen) atoms. The van der Waals surface area contributed by atoms with Crippen molar-refractivity contribution in [3.8, 4) is 5.75 Å². The summed E-state index contributed by atoms with van der Waals surface area (Å²) in [6.07, 6.45) is 0. The third-order valence-electron chi connectivity index (χ3n) is 3.97. The predicted octanol–water partition coefficient (Wildman–Crippen LogP) is 2.47. The van der Waals surface area contributed by atoms with E-state index in [2.05, 4.69) is 15.6 Å². The van der Waals surface area contributed by atoms with Crippen molar-refractivity contribution in [1.29, 1.82) is 0 Å². The average molecular weight is 378 g/mol. The van der Waals surface area contributed by atoms with Crippen molar-refractivity contribution in [2.75, 3.05) is 13.7 Å². The van der Waals surface area contributed by atoms with Crippen LogP contribution >= 0.6 is 0 Å². The second kappa shape index (κ2) is 8.68. The molecule has 142 valence electrons. The van der Waals surface area contributed by atoms with Gasteiger partial charge in [-0.05, 0) is 29.7 Å². The highest BCUT2D eigenvalue weighted by molar-refractivity contribution is 5.98. The molecular weight excluding hydrogens is 360 g/mol. The number of carbonyl (C=O) groups is 3. The second-order valence-corrected chi connectivity index (χ2v) is 5.84. The van der Waals surface area contributed by atoms with Crippen LogP contribution in [0.3, 0.4) is 0 Å². The highest BCUT2D eigenvalue weighted by Gasteiger charge is 2.12. The molecule has 0 radical (unpaired) electrons. The third-order valence-corrected chi connectivity index (χ3v) is 3.97. The summed E-state index contributed by atoms with van der Waals surface area (Å²) >= 11 is 0. The fourth-order valence-corrected chi connectivity index (χ4v) is 2.60. The Labute approximate surface area is 161 Å². The first-order valence-electron chi connectivity index (χ1n) is 8.46. The lowest BCUT2D eigenvalue weighted by atomic mass is 10.1. The van der Waals surface area contributed by atoms with Crippen LogP contribution in [-0.2, 0) is 9.53 Å². The van der Waals surface area contributed by atoms with Crippen molar-refractivity contribution >= 4 is 28.6 Å². The van der Waals surface area contributed by atoms with E-state index >= 15 is 0 Å². The molecule has 7 nitrogen and oxygen atoms in total. The Morgan fingerprint density at radius 2 is 1.57 bits per heavy atom. The smallest absolute Gasteiger partial charge is 0.337 e. The van der Waals surface area contributed by atoms with Gasteiger partial charge in [0.25, 0.3) is 11.8 Å². The summed E-state index contributed by atoms with van der Waals surface area (Å²) in [6, 6.07) is 19.2. The Morgan fingerprint density at radius 3 is 2.39 bits per heavy atom. The molecule has 0 aliphatic rings. The number of rotatable bonds is 5. The van der Waals surface area contributed by atoms with Crippen molar-refractivity contribution < 1.29 is 23.9 Å². The molecule has 3 aromatic carbocycles. The minimum absolute atomic E-state index is 0.207. The van der Waals surface area contributed by atoms with Crippen LogP contribution in [0.1, 0.15) is 20.7 Å². The fraction of sp³-hybridized carbons (Fsp3) is 0.0952. The molecule has 0 atom stereocenters. The summed E-state index contributed by atoms with van der Waals surface area (Å²) in [5, 5.41) is 1.89. The molecule has 2 N–H and O–H groups in total. The lowest BCUT2D eigenvalue weighted by Crippen LogP contribution is -2.43. The number of fused-ring (bicyclic) bond motifs is 1. The molecule has 0 saturated carbocycles. The first-order valence-corrected chi connectivity index (χ1v) is 8.46. The normalized spacial score (nSPS) is 10.2. The summed E-state index contributed by atoms with van der Waals surface area (Å²) in [5.41, 5.74) is 5.01. The van der Waals surface area contributed by atoms with Crippen molar-refractivity contribution in [2.24, 2.45) is 0 Å². The van der Waals surface area contributed by atoms with Crippen LogP contribution in [0.5, 0.6) is 5.75 Å². The van der Waals surface area contributed by atoms with Gasteiger partial charge in [0, 0.05) is 10.9 Å². The minimum atomic E-state index is -0.565. The molecule has 0 aliphatic carbocycles. The number of hydrazine groups is 1. The van der Waals surface area contributed by atoms with Gasteiger partial charge >= 0.3 is 5.97 Å². The number of nitrogens with one attached hydrogen (secondary N) is 2. The first kappa shape index (κ1) is 18.9. The van der Waals surface area contributed by atoms with Gasteiger partial charge in [-0.15, -0.1) is 0 Å². The Bertz CT molecular complexity index is 1030. The van der Waals surface area contributed by atoms with Crippen LogP contribution in [0.2, 0.25) is 0 Å². The number of ether oxygens (including phenoxy) is 2. The summed E-state index contributed by atoms with van der Waals surface area (Å²) in [6.45, 7) is -0.267. The van der Waals surface area contributed by atoms with E-state index in [0.29, 0.717) is 5.75 Å². The molecule has 0 bridgehead atoms. The third kappa shape index (κ3) is 4.45. The predicted molar refractivity (Wildman–Crippen MR) is 103 cm³/mol. The van der Waals surface area contributed by atoms with Crippen LogP contribution in [0.15, 0.2) is 66.7 Å². The van der Waals surface area contributed by atoms with Gasteiger partial charge in [-0.3, -0.25) is 20.4 Å². The van der Waals surface area contributed by atoms with E-state index in [1.165, 1.54) is 25.3 Å². The van der Waals surface area contributed by atoms with Gasteiger partial charge in [-0.25, -0.2) is 4.79 Å².